The Bertz CT molecular complexity index is 760. The number of hydrogen-bond acceptors (Lipinski definition) is 3. The van der Waals surface area contributed by atoms with Crippen LogP contribution in [-0.4, -0.2) is 37.0 Å². The van der Waals surface area contributed by atoms with E-state index in [1.54, 1.807) is 0 Å². The van der Waals surface area contributed by atoms with Crippen LogP contribution in [0.15, 0.2) is 54.6 Å². The van der Waals surface area contributed by atoms with E-state index in [9.17, 15) is 4.79 Å². The Balaban J connectivity index is 1.63. The molecule has 0 aromatic heterocycles. The van der Waals surface area contributed by atoms with Gasteiger partial charge in [-0.1, -0.05) is 69.7 Å². The quantitative estimate of drug-likeness (QED) is 0.740. The Labute approximate surface area is 175 Å². The number of benzene rings is 2. The molecule has 1 aliphatic heterocycles. The fourth-order valence-corrected chi connectivity index (χ4v) is 3.82. The predicted molar refractivity (Wildman–Crippen MR) is 118 cm³/mol. The molecule has 0 spiro atoms. The maximum Gasteiger partial charge on any atom is 0.258 e. The molecular weight excluding hydrogens is 360 g/mol. The summed E-state index contributed by atoms with van der Waals surface area (Å²) in [4.78, 5) is 14.9. The second kappa shape index (κ2) is 9.93. The zero-order chi connectivity index (χ0) is 20.7. The number of rotatable bonds is 7. The SMILES string of the molecule is CC(C)(C)c1ccc(C(CNC(=O)COc2ccccc2)N2CCCCC2)cc1. The monoisotopic (exact) mass is 394 g/mol. The van der Waals surface area contributed by atoms with Crippen molar-refractivity contribution in [2.45, 2.75) is 51.5 Å². The van der Waals surface area contributed by atoms with Gasteiger partial charge in [-0.3, -0.25) is 9.69 Å². The van der Waals surface area contributed by atoms with Crippen molar-refractivity contribution in [2.24, 2.45) is 0 Å². The minimum Gasteiger partial charge on any atom is -0.484 e. The summed E-state index contributed by atoms with van der Waals surface area (Å²) in [7, 11) is 0. The van der Waals surface area contributed by atoms with E-state index in [4.69, 9.17) is 4.74 Å². The van der Waals surface area contributed by atoms with Gasteiger partial charge in [0.05, 0.1) is 6.04 Å². The highest BCUT2D eigenvalue weighted by atomic mass is 16.5. The molecule has 1 aliphatic rings. The van der Waals surface area contributed by atoms with Gasteiger partial charge < -0.3 is 10.1 Å². The van der Waals surface area contributed by atoms with E-state index >= 15 is 0 Å². The topological polar surface area (TPSA) is 41.6 Å². The first-order chi connectivity index (χ1) is 13.9. The van der Waals surface area contributed by atoms with Crippen molar-refractivity contribution in [1.82, 2.24) is 10.2 Å². The van der Waals surface area contributed by atoms with Crippen molar-refractivity contribution >= 4 is 5.91 Å². The molecular formula is C25H34N2O2. The van der Waals surface area contributed by atoms with Crippen molar-refractivity contribution in [3.8, 4) is 5.75 Å². The Morgan fingerprint density at radius 2 is 1.66 bits per heavy atom. The molecule has 0 bridgehead atoms. The van der Waals surface area contributed by atoms with Crippen LogP contribution in [0.1, 0.15) is 57.2 Å². The highest BCUT2D eigenvalue weighted by Crippen LogP contribution is 2.28. The molecule has 2 aromatic carbocycles. The Morgan fingerprint density at radius 3 is 2.28 bits per heavy atom. The first-order valence-electron chi connectivity index (χ1n) is 10.7. The predicted octanol–water partition coefficient (Wildman–Crippen LogP) is 4.71. The lowest BCUT2D eigenvalue weighted by atomic mass is 9.86. The van der Waals surface area contributed by atoms with Gasteiger partial charge in [-0.15, -0.1) is 0 Å². The average Bonchev–Trinajstić information content (AvgIpc) is 2.74. The summed E-state index contributed by atoms with van der Waals surface area (Å²) in [5.41, 5.74) is 2.74. The summed E-state index contributed by atoms with van der Waals surface area (Å²) < 4.78 is 5.58. The van der Waals surface area contributed by atoms with Crippen LogP contribution in [0.4, 0.5) is 0 Å². The fourth-order valence-electron chi connectivity index (χ4n) is 3.82. The smallest absolute Gasteiger partial charge is 0.258 e. The number of nitrogens with one attached hydrogen (secondary N) is 1. The van der Waals surface area contributed by atoms with Gasteiger partial charge in [-0.25, -0.2) is 0 Å². The van der Waals surface area contributed by atoms with Crippen molar-refractivity contribution in [3.63, 3.8) is 0 Å². The number of piperidine rings is 1. The zero-order valence-electron chi connectivity index (χ0n) is 18.0. The van der Waals surface area contributed by atoms with Crippen LogP contribution in [0.2, 0.25) is 0 Å². The summed E-state index contributed by atoms with van der Waals surface area (Å²) in [6.07, 6.45) is 3.74. The average molecular weight is 395 g/mol. The second-order valence-corrected chi connectivity index (χ2v) is 8.89. The largest absolute Gasteiger partial charge is 0.484 e. The van der Waals surface area contributed by atoms with E-state index in [-0.39, 0.29) is 24.0 Å². The molecule has 3 rings (SSSR count). The Morgan fingerprint density at radius 1 is 1.00 bits per heavy atom. The van der Waals surface area contributed by atoms with Crippen molar-refractivity contribution in [3.05, 3.63) is 65.7 Å². The van der Waals surface area contributed by atoms with E-state index in [0.717, 1.165) is 13.1 Å². The molecule has 1 heterocycles. The molecule has 2 aromatic rings. The van der Waals surface area contributed by atoms with Crippen molar-refractivity contribution < 1.29 is 9.53 Å². The first kappa shape index (κ1) is 21.4. The maximum absolute atomic E-state index is 12.4. The maximum atomic E-state index is 12.4. The van der Waals surface area contributed by atoms with Gasteiger partial charge in [0, 0.05) is 6.54 Å². The summed E-state index contributed by atoms with van der Waals surface area (Å²) >= 11 is 0. The normalized spacial score (nSPS) is 16.2. The molecule has 0 radical (unpaired) electrons. The number of para-hydroxylation sites is 1. The number of likely N-dealkylation sites (tertiary alicyclic amines) is 1. The number of nitrogens with zero attached hydrogens (tertiary/aromatic N) is 1. The third-order valence-corrected chi connectivity index (χ3v) is 5.60. The number of hydrogen-bond donors (Lipinski definition) is 1. The van der Waals surface area contributed by atoms with Crippen LogP contribution < -0.4 is 10.1 Å². The van der Waals surface area contributed by atoms with Gasteiger partial charge in [-0.2, -0.15) is 0 Å². The minimum atomic E-state index is -0.0813. The van der Waals surface area contributed by atoms with E-state index in [1.165, 1.54) is 30.4 Å². The molecule has 0 saturated carbocycles. The molecule has 1 amide bonds. The number of ether oxygens (including phenoxy) is 1. The van der Waals surface area contributed by atoms with Gasteiger partial charge in [0.2, 0.25) is 0 Å². The highest BCUT2D eigenvalue weighted by Gasteiger charge is 2.23. The minimum absolute atomic E-state index is 0.0414. The molecule has 1 fully saturated rings. The van der Waals surface area contributed by atoms with Gasteiger partial charge in [-0.05, 0) is 54.6 Å². The van der Waals surface area contributed by atoms with Crippen LogP contribution in [0.25, 0.3) is 0 Å². The van der Waals surface area contributed by atoms with Gasteiger partial charge in [0.25, 0.3) is 5.91 Å². The molecule has 156 valence electrons. The molecule has 1 N–H and O–H groups in total. The van der Waals surface area contributed by atoms with E-state index < -0.39 is 0 Å². The number of amides is 1. The lowest BCUT2D eigenvalue weighted by Gasteiger charge is -2.35. The number of carbonyl (C=O) groups is 1. The fraction of sp³-hybridized carbons (Fsp3) is 0.480. The third kappa shape index (κ3) is 6.33. The summed E-state index contributed by atoms with van der Waals surface area (Å²) in [5.74, 6) is 0.634. The lowest BCUT2D eigenvalue weighted by molar-refractivity contribution is -0.123. The summed E-state index contributed by atoms with van der Waals surface area (Å²) in [5, 5.41) is 3.09. The molecule has 1 unspecified atom stereocenters. The van der Waals surface area contributed by atoms with Gasteiger partial charge in [0.1, 0.15) is 5.75 Å². The molecule has 4 nitrogen and oxygen atoms in total. The van der Waals surface area contributed by atoms with Crippen molar-refractivity contribution in [1.29, 1.82) is 0 Å². The van der Waals surface area contributed by atoms with Crippen molar-refractivity contribution in [2.75, 3.05) is 26.2 Å². The summed E-state index contributed by atoms with van der Waals surface area (Å²) in [6, 6.07) is 18.6. The first-order valence-corrected chi connectivity index (χ1v) is 10.7. The van der Waals surface area contributed by atoms with Crippen LogP contribution in [0.5, 0.6) is 5.75 Å². The van der Waals surface area contributed by atoms with Gasteiger partial charge in [0.15, 0.2) is 6.61 Å². The molecule has 1 saturated heterocycles. The second-order valence-electron chi connectivity index (χ2n) is 8.89. The third-order valence-electron chi connectivity index (χ3n) is 5.60. The Hall–Kier alpha value is -2.33. The van der Waals surface area contributed by atoms with Crippen LogP contribution in [0, 0.1) is 0 Å². The van der Waals surface area contributed by atoms with Crippen LogP contribution >= 0.6 is 0 Å². The van der Waals surface area contributed by atoms with Crippen LogP contribution in [-0.2, 0) is 10.2 Å². The zero-order valence-corrected chi connectivity index (χ0v) is 18.0. The lowest BCUT2D eigenvalue weighted by Crippen LogP contribution is -2.41. The highest BCUT2D eigenvalue weighted by molar-refractivity contribution is 5.77. The van der Waals surface area contributed by atoms with Crippen LogP contribution in [0.3, 0.4) is 0 Å². The van der Waals surface area contributed by atoms with E-state index in [0.29, 0.717) is 12.3 Å². The number of carbonyl (C=O) groups excluding carboxylic acids is 1. The summed E-state index contributed by atoms with van der Waals surface area (Å²) in [6.45, 7) is 9.51. The Kier molecular flexibility index (Phi) is 7.32. The van der Waals surface area contributed by atoms with E-state index in [2.05, 4.69) is 55.3 Å². The molecule has 29 heavy (non-hydrogen) atoms. The molecule has 0 aliphatic carbocycles. The molecule has 4 heteroatoms. The standard InChI is InChI=1S/C25H34N2O2/c1-25(2,3)21-14-12-20(13-15-21)23(27-16-8-5-9-17-27)18-26-24(28)19-29-22-10-6-4-7-11-22/h4,6-7,10-15,23H,5,8-9,16-19H2,1-3H3,(H,26,28). The van der Waals surface area contributed by atoms with Gasteiger partial charge >= 0.3 is 0 Å². The van der Waals surface area contributed by atoms with E-state index in [1.807, 2.05) is 30.3 Å². The molecule has 1 atom stereocenters.